The van der Waals surface area contributed by atoms with Crippen LogP contribution in [0.15, 0.2) is 29.4 Å². The zero-order valence-electron chi connectivity index (χ0n) is 11.4. The predicted octanol–water partition coefficient (Wildman–Crippen LogP) is 3.27. The first-order valence-corrected chi connectivity index (χ1v) is 7.15. The molecule has 0 N–H and O–H groups in total. The molecule has 0 atom stereocenters. The Bertz CT molecular complexity index is 498. The Morgan fingerprint density at radius 1 is 1.21 bits per heavy atom. The third-order valence-electron chi connectivity index (χ3n) is 4.15. The van der Waals surface area contributed by atoms with Crippen molar-refractivity contribution >= 4 is 11.6 Å². The SMILES string of the molecule is Cc1ccc(CN2N=C(C3CCCC3)CC2=O)cc1. The molecule has 1 aromatic carbocycles. The molecule has 0 unspecified atom stereocenters. The van der Waals surface area contributed by atoms with Gasteiger partial charge in [0.25, 0.3) is 0 Å². The van der Waals surface area contributed by atoms with E-state index in [1.54, 1.807) is 5.01 Å². The molecule has 0 radical (unpaired) electrons. The second-order valence-electron chi connectivity index (χ2n) is 5.69. The van der Waals surface area contributed by atoms with E-state index in [0.717, 1.165) is 11.3 Å². The fourth-order valence-electron chi connectivity index (χ4n) is 2.97. The molecule has 0 bridgehead atoms. The van der Waals surface area contributed by atoms with Crippen molar-refractivity contribution in [1.29, 1.82) is 0 Å². The van der Waals surface area contributed by atoms with Gasteiger partial charge >= 0.3 is 0 Å². The number of hydrogen-bond acceptors (Lipinski definition) is 2. The number of amides is 1. The van der Waals surface area contributed by atoms with Crippen molar-refractivity contribution in [3.05, 3.63) is 35.4 Å². The van der Waals surface area contributed by atoms with E-state index in [9.17, 15) is 4.79 Å². The van der Waals surface area contributed by atoms with Gasteiger partial charge in [-0.1, -0.05) is 42.7 Å². The van der Waals surface area contributed by atoms with Crippen LogP contribution in [0.1, 0.15) is 43.2 Å². The molecule has 1 fully saturated rings. The van der Waals surface area contributed by atoms with E-state index >= 15 is 0 Å². The lowest BCUT2D eigenvalue weighted by Crippen LogP contribution is -2.20. The maximum absolute atomic E-state index is 12.0. The van der Waals surface area contributed by atoms with E-state index in [-0.39, 0.29) is 5.91 Å². The van der Waals surface area contributed by atoms with Crippen molar-refractivity contribution in [2.24, 2.45) is 11.0 Å². The maximum atomic E-state index is 12.0. The first kappa shape index (κ1) is 12.4. The molecule has 1 aliphatic heterocycles. The van der Waals surface area contributed by atoms with Crippen LogP contribution in [0.3, 0.4) is 0 Å². The lowest BCUT2D eigenvalue weighted by molar-refractivity contribution is -0.129. The summed E-state index contributed by atoms with van der Waals surface area (Å²) in [6.45, 7) is 2.68. The molecule has 0 saturated heterocycles. The number of hydrogen-bond donors (Lipinski definition) is 0. The van der Waals surface area contributed by atoms with Crippen LogP contribution in [0.2, 0.25) is 0 Å². The molecule has 3 heteroatoms. The second kappa shape index (κ2) is 5.16. The molecule has 1 amide bonds. The highest BCUT2D eigenvalue weighted by Gasteiger charge is 2.30. The van der Waals surface area contributed by atoms with Gasteiger partial charge in [0.2, 0.25) is 5.91 Å². The monoisotopic (exact) mass is 256 g/mol. The van der Waals surface area contributed by atoms with Crippen LogP contribution in [0.5, 0.6) is 0 Å². The van der Waals surface area contributed by atoms with Gasteiger partial charge in [0.05, 0.1) is 18.7 Å². The highest BCUT2D eigenvalue weighted by Crippen LogP contribution is 2.30. The van der Waals surface area contributed by atoms with Gasteiger partial charge in [-0.05, 0) is 31.2 Å². The number of hydrazone groups is 1. The molecule has 19 heavy (non-hydrogen) atoms. The third-order valence-corrected chi connectivity index (χ3v) is 4.15. The summed E-state index contributed by atoms with van der Waals surface area (Å²) in [6, 6.07) is 8.31. The van der Waals surface area contributed by atoms with Crippen LogP contribution in [0.4, 0.5) is 0 Å². The minimum absolute atomic E-state index is 0.155. The Balaban J connectivity index is 1.70. The molecule has 1 aromatic rings. The van der Waals surface area contributed by atoms with E-state index in [0.29, 0.717) is 18.9 Å². The van der Waals surface area contributed by atoms with Gasteiger partial charge in [-0.25, -0.2) is 5.01 Å². The second-order valence-corrected chi connectivity index (χ2v) is 5.69. The normalized spacial score (nSPS) is 20.2. The highest BCUT2D eigenvalue weighted by atomic mass is 16.2. The zero-order chi connectivity index (χ0) is 13.2. The Labute approximate surface area is 114 Å². The van der Waals surface area contributed by atoms with Crippen molar-refractivity contribution < 1.29 is 4.79 Å². The minimum atomic E-state index is 0.155. The van der Waals surface area contributed by atoms with Gasteiger partial charge < -0.3 is 0 Å². The third kappa shape index (κ3) is 2.70. The number of carbonyl (C=O) groups excluding carboxylic acids is 1. The van der Waals surface area contributed by atoms with Crippen molar-refractivity contribution in [3.63, 3.8) is 0 Å². The van der Waals surface area contributed by atoms with Gasteiger partial charge in [0.15, 0.2) is 0 Å². The van der Waals surface area contributed by atoms with E-state index in [2.05, 4.69) is 36.3 Å². The summed E-state index contributed by atoms with van der Waals surface area (Å²) in [6.07, 6.45) is 5.54. The predicted molar refractivity (Wildman–Crippen MR) is 75.7 cm³/mol. The summed E-state index contributed by atoms with van der Waals surface area (Å²) >= 11 is 0. The Morgan fingerprint density at radius 2 is 1.89 bits per heavy atom. The van der Waals surface area contributed by atoms with Gasteiger partial charge in [-0.15, -0.1) is 0 Å². The van der Waals surface area contributed by atoms with Crippen LogP contribution >= 0.6 is 0 Å². The first-order chi connectivity index (χ1) is 9.22. The summed E-state index contributed by atoms with van der Waals surface area (Å²) in [4.78, 5) is 12.0. The van der Waals surface area contributed by atoms with Crippen LogP contribution < -0.4 is 0 Å². The summed E-state index contributed by atoms with van der Waals surface area (Å²) < 4.78 is 0. The summed E-state index contributed by atoms with van der Waals surface area (Å²) in [5, 5.41) is 6.22. The zero-order valence-corrected chi connectivity index (χ0v) is 11.4. The largest absolute Gasteiger partial charge is 0.273 e. The molecule has 0 spiro atoms. The summed E-state index contributed by atoms with van der Waals surface area (Å²) in [5.74, 6) is 0.717. The Morgan fingerprint density at radius 3 is 2.58 bits per heavy atom. The van der Waals surface area contributed by atoms with Crippen molar-refractivity contribution in [3.8, 4) is 0 Å². The van der Waals surface area contributed by atoms with Crippen LogP contribution in [0, 0.1) is 12.8 Å². The molecular formula is C16H20N2O. The minimum Gasteiger partial charge on any atom is -0.273 e. The van der Waals surface area contributed by atoms with Gasteiger partial charge in [0, 0.05) is 0 Å². The smallest absolute Gasteiger partial charge is 0.248 e. The number of carbonyl (C=O) groups is 1. The van der Waals surface area contributed by atoms with E-state index in [4.69, 9.17) is 0 Å². The van der Waals surface area contributed by atoms with E-state index in [1.807, 2.05) is 0 Å². The molecule has 0 aromatic heterocycles. The molecule has 1 saturated carbocycles. The fraction of sp³-hybridized carbons (Fsp3) is 0.500. The molecule has 1 aliphatic carbocycles. The fourth-order valence-corrected chi connectivity index (χ4v) is 2.97. The molecule has 1 heterocycles. The molecule has 2 aliphatic rings. The molecule has 3 rings (SSSR count). The maximum Gasteiger partial charge on any atom is 0.248 e. The highest BCUT2D eigenvalue weighted by molar-refractivity contribution is 6.06. The van der Waals surface area contributed by atoms with Crippen molar-refractivity contribution in [1.82, 2.24) is 5.01 Å². The lowest BCUT2D eigenvalue weighted by atomic mass is 10.00. The molecule has 3 nitrogen and oxygen atoms in total. The standard InChI is InChI=1S/C16H20N2O/c1-12-6-8-13(9-7-12)11-18-16(19)10-15(17-18)14-4-2-3-5-14/h6-9,14H,2-5,10-11H2,1H3. The van der Waals surface area contributed by atoms with Crippen LogP contribution in [0.25, 0.3) is 0 Å². The average Bonchev–Trinajstić information content (AvgIpc) is 3.03. The first-order valence-electron chi connectivity index (χ1n) is 7.15. The van der Waals surface area contributed by atoms with Crippen molar-refractivity contribution in [2.45, 2.75) is 45.6 Å². The van der Waals surface area contributed by atoms with E-state index < -0.39 is 0 Å². The Hall–Kier alpha value is -1.64. The molecular weight excluding hydrogens is 236 g/mol. The van der Waals surface area contributed by atoms with E-state index in [1.165, 1.54) is 31.2 Å². The Kier molecular flexibility index (Phi) is 3.36. The lowest BCUT2D eigenvalue weighted by Gasteiger charge is -2.12. The quantitative estimate of drug-likeness (QED) is 0.817. The van der Waals surface area contributed by atoms with Crippen LogP contribution in [-0.4, -0.2) is 16.6 Å². The van der Waals surface area contributed by atoms with Gasteiger partial charge in [0.1, 0.15) is 0 Å². The number of aryl methyl sites for hydroxylation is 1. The number of benzene rings is 1. The summed E-state index contributed by atoms with van der Waals surface area (Å²) in [5.41, 5.74) is 3.51. The topological polar surface area (TPSA) is 32.7 Å². The van der Waals surface area contributed by atoms with Gasteiger partial charge in [-0.3, -0.25) is 4.79 Å². The average molecular weight is 256 g/mol. The summed E-state index contributed by atoms with van der Waals surface area (Å²) in [7, 11) is 0. The van der Waals surface area contributed by atoms with Crippen LogP contribution in [-0.2, 0) is 11.3 Å². The van der Waals surface area contributed by atoms with Gasteiger partial charge in [-0.2, -0.15) is 5.10 Å². The number of rotatable bonds is 3. The number of nitrogens with zero attached hydrogens (tertiary/aromatic N) is 2. The molecule has 100 valence electrons. The van der Waals surface area contributed by atoms with Crippen molar-refractivity contribution in [2.75, 3.05) is 0 Å².